The minimum absolute atomic E-state index is 0.733. The molecule has 0 aliphatic heterocycles. The van der Waals surface area contributed by atoms with Gasteiger partial charge in [-0.05, 0) is 23.8 Å². The van der Waals surface area contributed by atoms with Gasteiger partial charge in [0.15, 0.2) is 0 Å². The van der Waals surface area contributed by atoms with Crippen LogP contribution in [-0.2, 0) is 0 Å². The largest absolute Gasteiger partial charge is 0.360 e. The van der Waals surface area contributed by atoms with E-state index in [2.05, 4.69) is 28.2 Å². The quantitative estimate of drug-likeness (QED) is 0.516. The molecule has 0 bridgehead atoms. The van der Waals surface area contributed by atoms with E-state index in [1.54, 1.807) is 0 Å². The van der Waals surface area contributed by atoms with Crippen molar-refractivity contribution in [2.24, 2.45) is 0 Å². The lowest BCUT2D eigenvalue weighted by Crippen LogP contribution is -1.83. The van der Waals surface area contributed by atoms with Crippen LogP contribution in [0, 0.1) is 0 Å². The summed E-state index contributed by atoms with van der Waals surface area (Å²) in [5.41, 5.74) is 5.54. The lowest BCUT2D eigenvalue weighted by molar-refractivity contribution is 1.33. The van der Waals surface area contributed by atoms with Crippen LogP contribution in [0.15, 0.2) is 73.2 Å². The number of aromatic nitrogens is 2. The zero-order valence-corrected chi connectivity index (χ0v) is 12.5. The maximum Gasteiger partial charge on any atom is 0.0475 e. The van der Waals surface area contributed by atoms with Crippen molar-refractivity contribution in [3.05, 3.63) is 78.2 Å². The van der Waals surface area contributed by atoms with Gasteiger partial charge in [0.1, 0.15) is 0 Å². The molecule has 0 radical (unpaired) electrons. The Morgan fingerprint density at radius 1 is 0.818 bits per heavy atom. The second-order valence-electron chi connectivity index (χ2n) is 5.22. The first kappa shape index (κ1) is 13.1. The summed E-state index contributed by atoms with van der Waals surface area (Å²) < 4.78 is 0. The number of rotatable bonds is 2. The van der Waals surface area contributed by atoms with Crippen LogP contribution >= 0.6 is 11.6 Å². The average molecular weight is 305 g/mol. The highest BCUT2D eigenvalue weighted by atomic mass is 35.5. The SMILES string of the molecule is Clc1ccc2c(-c3cncc(-c4ccccc4)c3)c[nH]c2c1. The molecular weight excluding hydrogens is 292 g/mol. The monoisotopic (exact) mass is 304 g/mol. The van der Waals surface area contributed by atoms with Gasteiger partial charge in [-0.15, -0.1) is 0 Å². The fraction of sp³-hybridized carbons (Fsp3) is 0. The highest BCUT2D eigenvalue weighted by molar-refractivity contribution is 6.31. The Labute approximate surface area is 133 Å². The van der Waals surface area contributed by atoms with Gasteiger partial charge in [-0.25, -0.2) is 0 Å². The molecule has 4 rings (SSSR count). The first-order valence-electron chi connectivity index (χ1n) is 7.09. The van der Waals surface area contributed by atoms with E-state index in [9.17, 15) is 0 Å². The number of H-pyrrole nitrogens is 1. The number of nitrogens with one attached hydrogen (secondary N) is 1. The molecule has 0 unspecified atom stereocenters. The Kier molecular flexibility index (Phi) is 3.17. The molecule has 0 atom stereocenters. The van der Waals surface area contributed by atoms with Crippen LogP contribution in [0.25, 0.3) is 33.2 Å². The summed E-state index contributed by atoms with van der Waals surface area (Å²) in [7, 11) is 0. The van der Waals surface area contributed by atoms with Crippen molar-refractivity contribution in [1.29, 1.82) is 0 Å². The third kappa shape index (κ3) is 2.28. The van der Waals surface area contributed by atoms with E-state index in [0.29, 0.717) is 0 Å². The molecule has 0 fully saturated rings. The Bertz CT molecular complexity index is 942. The summed E-state index contributed by atoms with van der Waals surface area (Å²) in [6.07, 6.45) is 5.79. The predicted octanol–water partition coefficient (Wildman–Crippen LogP) is 5.55. The molecule has 0 aliphatic carbocycles. The normalized spacial score (nSPS) is 11.0. The summed E-state index contributed by atoms with van der Waals surface area (Å²) in [6, 6.07) is 18.3. The van der Waals surface area contributed by atoms with Gasteiger partial charge < -0.3 is 4.98 Å². The van der Waals surface area contributed by atoms with Crippen LogP contribution in [0.5, 0.6) is 0 Å². The molecular formula is C19H13ClN2. The molecule has 22 heavy (non-hydrogen) atoms. The molecule has 0 aliphatic rings. The van der Waals surface area contributed by atoms with E-state index >= 15 is 0 Å². The van der Waals surface area contributed by atoms with Gasteiger partial charge in [-0.3, -0.25) is 4.98 Å². The van der Waals surface area contributed by atoms with Gasteiger partial charge in [0, 0.05) is 51.2 Å². The molecule has 2 nitrogen and oxygen atoms in total. The van der Waals surface area contributed by atoms with Crippen LogP contribution in [-0.4, -0.2) is 9.97 Å². The Balaban J connectivity index is 1.85. The van der Waals surface area contributed by atoms with Gasteiger partial charge in [0.25, 0.3) is 0 Å². The van der Waals surface area contributed by atoms with Crippen molar-refractivity contribution in [3.8, 4) is 22.3 Å². The van der Waals surface area contributed by atoms with Crippen molar-refractivity contribution in [1.82, 2.24) is 9.97 Å². The van der Waals surface area contributed by atoms with Gasteiger partial charge in [0.05, 0.1) is 0 Å². The summed E-state index contributed by atoms with van der Waals surface area (Å²) >= 11 is 6.05. The average Bonchev–Trinajstić information content (AvgIpc) is 2.99. The van der Waals surface area contributed by atoms with Gasteiger partial charge >= 0.3 is 0 Å². The van der Waals surface area contributed by atoms with Crippen molar-refractivity contribution in [2.45, 2.75) is 0 Å². The third-order valence-corrected chi connectivity index (χ3v) is 4.04. The highest BCUT2D eigenvalue weighted by Crippen LogP contribution is 2.31. The van der Waals surface area contributed by atoms with Gasteiger partial charge in [-0.1, -0.05) is 48.0 Å². The maximum atomic E-state index is 6.05. The number of hydrogen-bond donors (Lipinski definition) is 1. The maximum absolute atomic E-state index is 6.05. The van der Waals surface area contributed by atoms with Crippen molar-refractivity contribution in [2.75, 3.05) is 0 Å². The summed E-state index contributed by atoms with van der Waals surface area (Å²) in [4.78, 5) is 7.68. The number of benzene rings is 2. The van der Waals surface area contributed by atoms with Crippen LogP contribution < -0.4 is 0 Å². The first-order chi connectivity index (χ1) is 10.8. The lowest BCUT2D eigenvalue weighted by Gasteiger charge is -2.04. The molecule has 0 spiro atoms. The molecule has 1 N–H and O–H groups in total. The van der Waals surface area contributed by atoms with Crippen LogP contribution in [0.2, 0.25) is 5.02 Å². The fourth-order valence-electron chi connectivity index (χ4n) is 2.71. The molecule has 106 valence electrons. The number of hydrogen-bond acceptors (Lipinski definition) is 1. The molecule has 4 aromatic rings. The molecule has 0 saturated carbocycles. The summed E-state index contributed by atoms with van der Waals surface area (Å²) in [5, 5.41) is 1.88. The second kappa shape index (κ2) is 5.32. The summed E-state index contributed by atoms with van der Waals surface area (Å²) in [5.74, 6) is 0. The molecule has 2 aromatic carbocycles. The van der Waals surface area contributed by atoms with E-state index < -0.39 is 0 Å². The van der Waals surface area contributed by atoms with E-state index in [1.807, 2.05) is 55.0 Å². The fourth-order valence-corrected chi connectivity index (χ4v) is 2.89. The van der Waals surface area contributed by atoms with Gasteiger partial charge in [0.2, 0.25) is 0 Å². The third-order valence-electron chi connectivity index (χ3n) is 3.80. The number of fused-ring (bicyclic) bond motifs is 1. The lowest BCUT2D eigenvalue weighted by atomic mass is 10.0. The van der Waals surface area contributed by atoms with Crippen LogP contribution in [0.1, 0.15) is 0 Å². The van der Waals surface area contributed by atoms with E-state index in [4.69, 9.17) is 11.6 Å². The van der Waals surface area contributed by atoms with Gasteiger partial charge in [-0.2, -0.15) is 0 Å². The standard InChI is InChI=1S/C19H13ClN2/c20-16-6-7-17-18(12-22-19(17)9-16)15-8-14(10-21-11-15)13-4-2-1-3-5-13/h1-12,22H. The number of halogens is 1. The van der Waals surface area contributed by atoms with E-state index in [-0.39, 0.29) is 0 Å². The smallest absolute Gasteiger partial charge is 0.0475 e. The Morgan fingerprint density at radius 3 is 2.50 bits per heavy atom. The minimum Gasteiger partial charge on any atom is -0.360 e. The second-order valence-corrected chi connectivity index (χ2v) is 5.66. The highest BCUT2D eigenvalue weighted by Gasteiger charge is 2.08. The number of nitrogens with zero attached hydrogens (tertiary/aromatic N) is 1. The topological polar surface area (TPSA) is 28.7 Å². The van der Waals surface area contributed by atoms with E-state index in [0.717, 1.165) is 32.6 Å². The zero-order chi connectivity index (χ0) is 14.9. The first-order valence-corrected chi connectivity index (χ1v) is 7.46. The number of aromatic amines is 1. The van der Waals surface area contributed by atoms with Crippen LogP contribution in [0.3, 0.4) is 0 Å². The molecule has 3 heteroatoms. The molecule has 0 amide bonds. The molecule has 2 heterocycles. The zero-order valence-electron chi connectivity index (χ0n) is 11.8. The van der Waals surface area contributed by atoms with Crippen LogP contribution in [0.4, 0.5) is 0 Å². The van der Waals surface area contributed by atoms with E-state index in [1.165, 1.54) is 5.56 Å². The summed E-state index contributed by atoms with van der Waals surface area (Å²) in [6.45, 7) is 0. The Hall–Kier alpha value is -2.58. The minimum atomic E-state index is 0.733. The predicted molar refractivity (Wildman–Crippen MR) is 92.0 cm³/mol. The Morgan fingerprint density at radius 2 is 1.64 bits per heavy atom. The van der Waals surface area contributed by atoms with Crippen molar-refractivity contribution >= 4 is 22.5 Å². The molecule has 0 saturated heterocycles. The van der Waals surface area contributed by atoms with Crippen molar-refractivity contribution < 1.29 is 0 Å². The van der Waals surface area contributed by atoms with Crippen molar-refractivity contribution in [3.63, 3.8) is 0 Å². The number of pyridine rings is 1. The molecule has 2 aromatic heterocycles.